The molecule has 0 spiro atoms. The molecule has 0 aromatic rings. The van der Waals surface area contributed by atoms with Gasteiger partial charge in [0, 0.05) is 28.2 Å². The minimum atomic E-state index is -4.13. The van der Waals surface area contributed by atoms with Crippen molar-refractivity contribution in [2.24, 2.45) is 0 Å². The Morgan fingerprint density at radius 2 is 1.42 bits per heavy atom. The molecule has 0 heterocycles. The Labute approximate surface area is 70.2 Å². The summed E-state index contributed by atoms with van der Waals surface area (Å²) in [6, 6.07) is 0. The van der Waals surface area contributed by atoms with Gasteiger partial charge in [-0.15, -0.1) is 0 Å². The van der Waals surface area contributed by atoms with Crippen LogP contribution in [-0.4, -0.2) is 38.3 Å². The molecule has 0 rings (SSSR count). The fourth-order valence-electron chi connectivity index (χ4n) is 0.440. The number of nitrogens with zero attached hydrogens (tertiary/aromatic N) is 2. The molecule has 0 aromatic carbocycles. The van der Waals surface area contributed by atoms with Gasteiger partial charge >= 0.3 is 7.82 Å². The molecule has 0 aromatic heterocycles. The first-order valence-corrected chi connectivity index (χ1v) is 4.50. The van der Waals surface area contributed by atoms with Gasteiger partial charge in [0.2, 0.25) is 0 Å². The summed E-state index contributed by atoms with van der Waals surface area (Å²) in [6.07, 6.45) is 0. The molecule has 0 saturated heterocycles. The maximum atomic E-state index is 11.7. The van der Waals surface area contributed by atoms with Crippen molar-refractivity contribution in [3.05, 3.63) is 0 Å². The fraction of sp³-hybridized carbons (Fsp3) is 1.00. The van der Waals surface area contributed by atoms with Crippen molar-refractivity contribution in [1.82, 2.24) is 10.1 Å². The van der Waals surface area contributed by atoms with Crippen LogP contribution in [0.1, 0.15) is 0 Å². The molecule has 0 fully saturated rings. The van der Waals surface area contributed by atoms with Crippen LogP contribution in [0.25, 0.3) is 0 Å². The molecule has 8 heteroatoms. The van der Waals surface area contributed by atoms with Gasteiger partial charge in [0.15, 0.2) is 0 Å². The summed E-state index contributed by atoms with van der Waals surface area (Å²) in [5.74, 6) is 0. The van der Waals surface area contributed by atoms with Gasteiger partial charge in [-0.1, -0.05) is 4.73 Å². The summed E-state index contributed by atoms with van der Waals surface area (Å²) in [5.41, 5.74) is 0. The van der Waals surface area contributed by atoms with E-state index in [1.54, 1.807) is 0 Å². The number of halogens is 1. The van der Waals surface area contributed by atoms with E-state index >= 15 is 0 Å². The zero-order chi connectivity index (χ0) is 9.78. The standard InChI is InChI=1S/C4H12FN2O4P/c1-6(2)10-12(8,9-5)11-7(3)4/h1-4H3. The molecule has 0 aliphatic carbocycles. The van der Waals surface area contributed by atoms with Crippen molar-refractivity contribution in [3.8, 4) is 0 Å². The lowest BCUT2D eigenvalue weighted by Gasteiger charge is -2.18. The van der Waals surface area contributed by atoms with E-state index in [2.05, 4.69) is 14.0 Å². The molecule has 12 heavy (non-hydrogen) atoms. The third-order valence-corrected chi connectivity index (χ3v) is 1.83. The van der Waals surface area contributed by atoms with Gasteiger partial charge in [-0.05, 0) is 4.53 Å². The molecule has 74 valence electrons. The van der Waals surface area contributed by atoms with Gasteiger partial charge in [0.25, 0.3) is 0 Å². The van der Waals surface area contributed by atoms with Crippen LogP contribution >= 0.6 is 7.82 Å². The molecule has 6 nitrogen and oxygen atoms in total. The van der Waals surface area contributed by atoms with Gasteiger partial charge < -0.3 is 0 Å². The Hall–Kier alpha value is -0.0400. The second kappa shape index (κ2) is 4.86. The predicted molar refractivity (Wildman–Crippen MR) is 39.3 cm³/mol. The van der Waals surface area contributed by atoms with E-state index in [0.29, 0.717) is 0 Å². The number of hydrogen-bond donors (Lipinski definition) is 0. The lowest BCUT2D eigenvalue weighted by molar-refractivity contribution is -0.152. The predicted octanol–water partition coefficient (Wildman–Crippen LogP) is 0.982. The van der Waals surface area contributed by atoms with Crippen LogP contribution in [0, 0.1) is 0 Å². The minimum Gasteiger partial charge on any atom is -0.222 e. The molecule has 0 bridgehead atoms. The number of rotatable bonds is 5. The first-order valence-electron chi connectivity index (χ1n) is 3.04. The molecule has 0 radical (unpaired) electrons. The second-order valence-corrected chi connectivity index (χ2v) is 3.66. The van der Waals surface area contributed by atoms with E-state index in [1.807, 2.05) is 0 Å². The van der Waals surface area contributed by atoms with E-state index in [1.165, 1.54) is 28.2 Å². The third kappa shape index (κ3) is 4.76. The van der Waals surface area contributed by atoms with Crippen molar-refractivity contribution in [2.45, 2.75) is 0 Å². The SMILES string of the molecule is CN(C)OP(=O)(OF)ON(C)C. The van der Waals surface area contributed by atoms with Gasteiger partial charge in [0.1, 0.15) is 0 Å². The quantitative estimate of drug-likeness (QED) is 0.489. The highest BCUT2D eigenvalue weighted by Gasteiger charge is 2.31. The lowest BCUT2D eigenvalue weighted by Crippen LogP contribution is -2.17. The first kappa shape index (κ1) is 12.0. The highest BCUT2D eigenvalue weighted by molar-refractivity contribution is 7.48. The van der Waals surface area contributed by atoms with Crippen molar-refractivity contribution in [3.63, 3.8) is 0 Å². The molecule has 0 aliphatic rings. The van der Waals surface area contributed by atoms with Crippen LogP contribution in [-0.2, 0) is 18.5 Å². The van der Waals surface area contributed by atoms with Crippen molar-refractivity contribution < 1.29 is 23.1 Å². The van der Waals surface area contributed by atoms with Crippen LogP contribution in [0.4, 0.5) is 4.53 Å². The summed E-state index contributed by atoms with van der Waals surface area (Å²) in [5, 5.41) is 2.04. The molecular weight excluding hydrogens is 190 g/mol. The highest BCUT2D eigenvalue weighted by atomic mass is 31.2. The van der Waals surface area contributed by atoms with Gasteiger partial charge in [0.05, 0.1) is 0 Å². The summed E-state index contributed by atoms with van der Waals surface area (Å²) in [7, 11) is 1.56. The zero-order valence-corrected chi connectivity index (χ0v) is 8.25. The van der Waals surface area contributed by atoms with E-state index in [4.69, 9.17) is 0 Å². The van der Waals surface area contributed by atoms with Crippen molar-refractivity contribution in [2.75, 3.05) is 28.2 Å². The normalized spacial score (nSPS) is 12.9. The Balaban J connectivity index is 4.15. The van der Waals surface area contributed by atoms with Crippen LogP contribution in [0.2, 0.25) is 0 Å². The molecule has 0 unspecified atom stereocenters. The topological polar surface area (TPSA) is 51.2 Å². The minimum absolute atomic E-state index is 1.02. The number of hydrogen-bond acceptors (Lipinski definition) is 6. The smallest absolute Gasteiger partial charge is 0.222 e. The Kier molecular flexibility index (Phi) is 4.84. The first-order chi connectivity index (χ1) is 5.39. The van der Waals surface area contributed by atoms with Crippen LogP contribution in [0.15, 0.2) is 0 Å². The summed E-state index contributed by atoms with van der Waals surface area (Å²) < 4.78 is 34.7. The fourth-order valence-corrected chi connectivity index (χ4v) is 1.32. The third-order valence-electron chi connectivity index (χ3n) is 0.611. The zero-order valence-electron chi connectivity index (χ0n) is 7.35. The van der Waals surface area contributed by atoms with E-state index < -0.39 is 7.82 Å². The monoisotopic (exact) mass is 202 g/mol. The molecule has 0 aliphatic heterocycles. The Morgan fingerprint density at radius 1 is 1.08 bits per heavy atom. The maximum Gasteiger partial charge on any atom is 0.539 e. The molecule has 0 amide bonds. The van der Waals surface area contributed by atoms with E-state index in [9.17, 15) is 9.09 Å². The highest BCUT2D eigenvalue weighted by Crippen LogP contribution is 2.50. The average molecular weight is 202 g/mol. The lowest BCUT2D eigenvalue weighted by atomic mass is 11.2. The molecule has 0 N–H and O–H groups in total. The van der Waals surface area contributed by atoms with E-state index in [-0.39, 0.29) is 0 Å². The average Bonchev–Trinajstić information content (AvgIpc) is 1.83. The number of phosphoric acid groups is 1. The van der Waals surface area contributed by atoms with Gasteiger partial charge in [-0.25, -0.2) is 4.57 Å². The Morgan fingerprint density at radius 3 is 1.58 bits per heavy atom. The number of hydroxylamine groups is 4. The Bertz CT molecular complexity index is 162. The van der Waals surface area contributed by atoms with E-state index in [0.717, 1.165) is 10.1 Å². The summed E-state index contributed by atoms with van der Waals surface area (Å²) in [6.45, 7) is 0. The van der Waals surface area contributed by atoms with Crippen molar-refractivity contribution in [1.29, 1.82) is 0 Å². The maximum absolute atomic E-state index is 11.7. The summed E-state index contributed by atoms with van der Waals surface area (Å²) in [4.78, 5) is 0. The molecule has 0 atom stereocenters. The van der Waals surface area contributed by atoms with Crippen molar-refractivity contribution >= 4 is 7.82 Å². The van der Waals surface area contributed by atoms with Gasteiger partial charge in [-0.2, -0.15) is 19.4 Å². The molecular formula is C4H12FN2O4P. The van der Waals surface area contributed by atoms with Crippen LogP contribution in [0.3, 0.4) is 0 Å². The van der Waals surface area contributed by atoms with Gasteiger partial charge in [-0.3, -0.25) is 0 Å². The van der Waals surface area contributed by atoms with Crippen LogP contribution in [0.5, 0.6) is 0 Å². The largest absolute Gasteiger partial charge is 0.539 e. The van der Waals surface area contributed by atoms with Crippen LogP contribution < -0.4 is 0 Å². The second-order valence-electron chi connectivity index (χ2n) is 2.30. The summed E-state index contributed by atoms with van der Waals surface area (Å²) >= 11 is 0. The molecule has 0 saturated carbocycles.